The Morgan fingerprint density at radius 1 is 1.36 bits per heavy atom. The number of hydrogen-bond donors (Lipinski definition) is 1. The highest BCUT2D eigenvalue weighted by Gasteiger charge is 2.60. The number of hydrogen-bond acceptors (Lipinski definition) is 5. The van der Waals surface area contributed by atoms with Crippen LogP contribution >= 0.6 is 0 Å². The van der Waals surface area contributed by atoms with E-state index in [1.54, 1.807) is 0 Å². The van der Waals surface area contributed by atoms with Crippen molar-refractivity contribution >= 4 is 5.71 Å². The molecule has 1 heterocycles. The molecular weight excluding hydrogens is 280 g/mol. The Labute approximate surface area is 133 Å². The summed E-state index contributed by atoms with van der Waals surface area (Å²) in [6.07, 6.45) is 3.09. The summed E-state index contributed by atoms with van der Waals surface area (Å²) in [7, 11) is 0. The summed E-state index contributed by atoms with van der Waals surface area (Å²) in [5, 5.41) is 14.5. The fourth-order valence-corrected chi connectivity index (χ4v) is 4.40. The molecule has 2 saturated carbocycles. The van der Waals surface area contributed by atoms with E-state index in [9.17, 15) is 5.11 Å². The van der Waals surface area contributed by atoms with Crippen molar-refractivity contribution in [3.63, 3.8) is 0 Å². The summed E-state index contributed by atoms with van der Waals surface area (Å²) < 4.78 is 5.31. The van der Waals surface area contributed by atoms with Gasteiger partial charge in [-0.3, -0.25) is 4.90 Å². The van der Waals surface area contributed by atoms with Gasteiger partial charge in [0.25, 0.3) is 0 Å². The quantitative estimate of drug-likeness (QED) is 0.788. The summed E-state index contributed by atoms with van der Waals surface area (Å²) in [5.41, 5.74) is 1.70. The van der Waals surface area contributed by atoms with E-state index in [0.717, 1.165) is 38.6 Å². The molecule has 3 fully saturated rings. The van der Waals surface area contributed by atoms with Crippen molar-refractivity contribution < 1.29 is 14.7 Å². The molecule has 1 aliphatic heterocycles. The van der Waals surface area contributed by atoms with Gasteiger partial charge in [-0.15, -0.1) is 0 Å². The maximum Gasteiger partial charge on any atom is 0.144 e. The lowest BCUT2D eigenvalue weighted by Crippen LogP contribution is -2.42. The molecule has 5 heteroatoms. The molecule has 2 aliphatic carbocycles. The zero-order valence-corrected chi connectivity index (χ0v) is 14.2. The molecule has 3 unspecified atom stereocenters. The van der Waals surface area contributed by atoms with Crippen molar-refractivity contribution in [3.05, 3.63) is 0 Å². The SMILES string of the molecule is CC12CCC(C/C1=N\OCC(O)CN1CCOCC1)C2(C)C. The Morgan fingerprint density at radius 3 is 2.68 bits per heavy atom. The topological polar surface area (TPSA) is 54.3 Å². The standard InChI is InChI=1S/C17H30N2O3/c1-16(2)13-4-5-17(16,3)15(10-13)18-22-12-14(20)11-19-6-8-21-9-7-19/h13-14,20H,4-12H2,1-3H3/b18-15+. The third-order valence-electron chi connectivity index (χ3n) is 6.53. The molecule has 3 rings (SSSR count). The van der Waals surface area contributed by atoms with Crippen LogP contribution < -0.4 is 0 Å². The van der Waals surface area contributed by atoms with Crippen LogP contribution in [0.15, 0.2) is 5.16 Å². The molecule has 3 atom stereocenters. The van der Waals surface area contributed by atoms with Crippen LogP contribution in [0.3, 0.4) is 0 Å². The third kappa shape index (κ3) is 2.79. The minimum atomic E-state index is -0.484. The Kier molecular flexibility index (Phi) is 4.49. The van der Waals surface area contributed by atoms with Crippen molar-refractivity contribution in [1.82, 2.24) is 4.90 Å². The number of ether oxygens (including phenoxy) is 1. The first-order chi connectivity index (χ1) is 10.4. The van der Waals surface area contributed by atoms with Gasteiger partial charge in [-0.1, -0.05) is 25.9 Å². The number of fused-ring (bicyclic) bond motifs is 2. The monoisotopic (exact) mass is 310 g/mol. The van der Waals surface area contributed by atoms with Gasteiger partial charge in [0.05, 0.1) is 18.9 Å². The molecule has 126 valence electrons. The van der Waals surface area contributed by atoms with Crippen LogP contribution in [0.1, 0.15) is 40.0 Å². The van der Waals surface area contributed by atoms with Crippen molar-refractivity contribution in [2.75, 3.05) is 39.5 Å². The van der Waals surface area contributed by atoms with E-state index in [-0.39, 0.29) is 12.0 Å². The first-order valence-corrected chi connectivity index (χ1v) is 8.61. The van der Waals surface area contributed by atoms with Gasteiger partial charge in [0, 0.05) is 25.0 Å². The highest BCUT2D eigenvalue weighted by atomic mass is 16.6. The summed E-state index contributed by atoms with van der Waals surface area (Å²) in [4.78, 5) is 7.73. The van der Waals surface area contributed by atoms with Gasteiger partial charge >= 0.3 is 0 Å². The predicted octanol–water partition coefficient (Wildman–Crippen LogP) is 1.90. The van der Waals surface area contributed by atoms with Crippen molar-refractivity contribution in [2.45, 2.75) is 46.1 Å². The Hall–Kier alpha value is -0.650. The molecule has 0 aromatic heterocycles. The number of aliphatic hydroxyl groups excluding tert-OH is 1. The van der Waals surface area contributed by atoms with Gasteiger partial charge in [-0.05, 0) is 30.6 Å². The number of morpholine rings is 1. The number of nitrogens with zero attached hydrogens (tertiary/aromatic N) is 2. The van der Waals surface area contributed by atoms with Crippen LogP contribution in [0.4, 0.5) is 0 Å². The highest BCUT2D eigenvalue weighted by Crippen LogP contribution is 2.63. The maximum atomic E-state index is 10.1. The van der Waals surface area contributed by atoms with E-state index < -0.39 is 6.10 Å². The fraction of sp³-hybridized carbons (Fsp3) is 0.941. The Bertz CT molecular complexity index is 432. The lowest BCUT2D eigenvalue weighted by Gasteiger charge is -2.34. The van der Waals surface area contributed by atoms with E-state index in [2.05, 4.69) is 30.8 Å². The van der Waals surface area contributed by atoms with Crippen molar-refractivity contribution in [2.24, 2.45) is 21.9 Å². The second-order valence-corrected chi connectivity index (χ2v) is 7.89. The number of aliphatic hydroxyl groups is 1. The van der Waals surface area contributed by atoms with Crippen molar-refractivity contribution in [3.8, 4) is 0 Å². The zero-order chi connectivity index (χ0) is 15.8. The number of β-amino-alcohol motifs (C(OH)–C–C–N with tert-alkyl or cyclic N) is 1. The van der Waals surface area contributed by atoms with E-state index in [1.807, 2.05) is 0 Å². The minimum Gasteiger partial charge on any atom is -0.393 e. The zero-order valence-electron chi connectivity index (χ0n) is 14.2. The Morgan fingerprint density at radius 2 is 2.09 bits per heavy atom. The summed E-state index contributed by atoms with van der Waals surface area (Å²) in [5.74, 6) is 0.734. The molecule has 3 aliphatic rings. The third-order valence-corrected chi connectivity index (χ3v) is 6.53. The second kappa shape index (κ2) is 6.10. The van der Waals surface area contributed by atoms with E-state index >= 15 is 0 Å². The van der Waals surface area contributed by atoms with Gasteiger partial charge in [0.15, 0.2) is 0 Å². The van der Waals surface area contributed by atoms with Crippen LogP contribution in [0, 0.1) is 16.7 Å². The van der Waals surface area contributed by atoms with Crippen LogP contribution in [0.5, 0.6) is 0 Å². The summed E-state index contributed by atoms with van der Waals surface area (Å²) in [6.45, 7) is 11.3. The molecule has 0 amide bonds. The van der Waals surface area contributed by atoms with E-state index in [4.69, 9.17) is 9.57 Å². The first-order valence-electron chi connectivity index (χ1n) is 8.61. The molecule has 0 aromatic carbocycles. The first kappa shape index (κ1) is 16.2. The van der Waals surface area contributed by atoms with Crippen LogP contribution in [-0.4, -0.2) is 61.3 Å². The van der Waals surface area contributed by atoms with Gasteiger partial charge in [0.2, 0.25) is 0 Å². The van der Waals surface area contributed by atoms with Gasteiger partial charge in [-0.2, -0.15) is 0 Å². The molecular formula is C17H30N2O3. The lowest BCUT2D eigenvalue weighted by molar-refractivity contribution is -0.0137. The van der Waals surface area contributed by atoms with E-state index in [1.165, 1.54) is 18.6 Å². The average molecular weight is 310 g/mol. The molecule has 1 N–H and O–H groups in total. The number of rotatable bonds is 5. The second-order valence-electron chi connectivity index (χ2n) is 7.89. The molecule has 0 radical (unpaired) electrons. The molecule has 2 bridgehead atoms. The summed E-state index contributed by atoms with van der Waals surface area (Å²) >= 11 is 0. The Balaban J connectivity index is 1.48. The fourth-order valence-electron chi connectivity index (χ4n) is 4.40. The molecule has 0 aromatic rings. The predicted molar refractivity (Wildman–Crippen MR) is 85.9 cm³/mol. The largest absolute Gasteiger partial charge is 0.393 e. The average Bonchev–Trinajstić information content (AvgIpc) is 2.81. The van der Waals surface area contributed by atoms with Crippen LogP contribution in [0.25, 0.3) is 0 Å². The molecule has 5 nitrogen and oxygen atoms in total. The molecule has 0 spiro atoms. The highest BCUT2D eigenvalue weighted by molar-refractivity contribution is 5.93. The number of oxime groups is 1. The molecule has 22 heavy (non-hydrogen) atoms. The molecule has 1 saturated heterocycles. The summed E-state index contributed by atoms with van der Waals surface area (Å²) in [6, 6.07) is 0. The van der Waals surface area contributed by atoms with Gasteiger partial charge in [0.1, 0.15) is 12.7 Å². The van der Waals surface area contributed by atoms with Gasteiger partial charge in [-0.25, -0.2) is 0 Å². The minimum absolute atomic E-state index is 0.173. The maximum absolute atomic E-state index is 10.1. The van der Waals surface area contributed by atoms with E-state index in [0.29, 0.717) is 12.0 Å². The van der Waals surface area contributed by atoms with Crippen molar-refractivity contribution in [1.29, 1.82) is 0 Å². The smallest absolute Gasteiger partial charge is 0.144 e. The van der Waals surface area contributed by atoms with Crippen LogP contribution in [0.2, 0.25) is 0 Å². The van der Waals surface area contributed by atoms with Gasteiger partial charge < -0.3 is 14.7 Å². The normalized spacial score (nSPS) is 37.6. The lowest BCUT2D eigenvalue weighted by atomic mass is 9.70. The van der Waals surface area contributed by atoms with Crippen LogP contribution in [-0.2, 0) is 9.57 Å².